The lowest BCUT2D eigenvalue weighted by Crippen LogP contribution is -2.29. The average molecular weight is 285 g/mol. The van der Waals surface area contributed by atoms with E-state index in [2.05, 4.69) is 5.32 Å². The summed E-state index contributed by atoms with van der Waals surface area (Å²) in [5, 5.41) is 3.28. The van der Waals surface area contributed by atoms with E-state index in [4.69, 9.17) is 9.05 Å². The van der Waals surface area contributed by atoms with Gasteiger partial charge >= 0.3 is 7.60 Å². The highest BCUT2D eigenvalue weighted by Gasteiger charge is 2.33. The molecule has 0 saturated heterocycles. The molecule has 0 heterocycles. The predicted octanol–water partition coefficient (Wildman–Crippen LogP) is 3.78. The summed E-state index contributed by atoms with van der Waals surface area (Å²) in [5.41, 5.74) is 1.15. The van der Waals surface area contributed by atoms with Crippen LogP contribution >= 0.6 is 7.60 Å². The smallest absolute Gasteiger partial charge is 0.308 e. The van der Waals surface area contributed by atoms with Gasteiger partial charge in [-0.3, -0.25) is 9.88 Å². The maximum absolute atomic E-state index is 12.7. The molecule has 1 aromatic rings. The second-order valence-electron chi connectivity index (χ2n) is 4.17. The van der Waals surface area contributed by atoms with Gasteiger partial charge in [0.05, 0.1) is 13.2 Å². The Morgan fingerprint density at radius 3 is 2.16 bits per heavy atom. The lowest BCUT2D eigenvalue weighted by molar-refractivity contribution is 0.206. The van der Waals surface area contributed by atoms with Gasteiger partial charge in [-0.15, -0.1) is 0 Å². The Balaban J connectivity index is 2.67. The average Bonchev–Trinajstić information content (AvgIpc) is 2.41. The molecule has 5 heteroatoms. The zero-order valence-electron chi connectivity index (χ0n) is 12.0. The van der Waals surface area contributed by atoms with E-state index >= 15 is 0 Å². The van der Waals surface area contributed by atoms with Gasteiger partial charge in [0, 0.05) is 6.54 Å². The second-order valence-corrected chi connectivity index (χ2v) is 6.39. The molecule has 1 aromatic carbocycles. The molecular weight excluding hydrogens is 261 g/mol. The van der Waals surface area contributed by atoms with Crippen molar-refractivity contribution in [3.8, 4) is 0 Å². The van der Waals surface area contributed by atoms with Crippen LogP contribution in [0.2, 0.25) is 0 Å². The van der Waals surface area contributed by atoms with Crippen LogP contribution < -0.4 is 5.32 Å². The molecule has 1 unspecified atom stereocenters. The van der Waals surface area contributed by atoms with E-state index in [-0.39, 0.29) is 5.78 Å². The zero-order valence-corrected chi connectivity index (χ0v) is 12.9. The third kappa shape index (κ3) is 5.07. The van der Waals surface area contributed by atoms with Crippen LogP contribution in [0, 0.1) is 0 Å². The number of nitrogens with one attached hydrogen (secondary N) is 1. The van der Waals surface area contributed by atoms with Crippen molar-refractivity contribution < 1.29 is 13.6 Å². The van der Waals surface area contributed by atoms with Crippen LogP contribution in [-0.4, -0.2) is 19.0 Å². The molecule has 1 N–H and O–H groups in total. The summed E-state index contributed by atoms with van der Waals surface area (Å²) in [4.78, 5) is 0. The first-order chi connectivity index (χ1) is 9.16. The maximum atomic E-state index is 12.7. The lowest BCUT2D eigenvalue weighted by atomic mass is 10.2. The molecule has 1 rings (SSSR count). The first kappa shape index (κ1) is 16.4. The van der Waals surface area contributed by atoms with E-state index in [9.17, 15) is 4.57 Å². The van der Waals surface area contributed by atoms with Gasteiger partial charge in [0.15, 0.2) is 0 Å². The van der Waals surface area contributed by atoms with Crippen molar-refractivity contribution >= 4 is 7.60 Å². The molecule has 0 saturated carbocycles. The van der Waals surface area contributed by atoms with Crippen LogP contribution in [0.15, 0.2) is 30.3 Å². The van der Waals surface area contributed by atoms with Gasteiger partial charge in [0.1, 0.15) is 5.78 Å². The van der Waals surface area contributed by atoms with Gasteiger partial charge in [-0.25, -0.2) is 0 Å². The lowest BCUT2D eigenvalue weighted by Gasteiger charge is -2.26. The summed E-state index contributed by atoms with van der Waals surface area (Å²) in [5.74, 6) is -0.271. The highest BCUT2D eigenvalue weighted by molar-refractivity contribution is 7.54. The van der Waals surface area contributed by atoms with Crippen LogP contribution in [0.5, 0.6) is 0 Å². The van der Waals surface area contributed by atoms with E-state index in [0.717, 1.165) is 5.56 Å². The Morgan fingerprint density at radius 1 is 1.11 bits per heavy atom. The molecular formula is C14H24NO3P. The molecule has 108 valence electrons. The number of rotatable bonds is 9. The van der Waals surface area contributed by atoms with Crippen LogP contribution in [0.3, 0.4) is 0 Å². The van der Waals surface area contributed by atoms with E-state index < -0.39 is 7.60 Å². The molecule has 0 aromatic heterocycles. The number of hydrogen-bond donors (Lipinski definition) is 1. The summed E-state index contributed by atoms with van der Waals surface area (Å²) in [6.07, 6.45) is 0.699. The summed E-state index contributed by atoms with van der Waals surface area (Å²) in [7, 11) is -3.08. The first-order valence-electron chi connectivity index (χ1n) is 6.82. The molecule has 0 radical (unpaired) electrons. The van der Waals surface area contributed by atoms with Gasteiger partial charge < -0.3 is 9.05 Å². The van der Waals surface area contributed by atoms with Crippen molar-refractivity contribution in [3.05, 3.63) is 35.9 Å². The molecule has 4 nitrogen and oxygen atoms in total. The normalized spacial score (nSPS) is 13.4. The Bertz CT molecular complexity index is 387. The molecule has 19 heavy (non-hydrogen) atoms. The summed E-state index contributed by atoms with van der Waals surface area (Å²) < 4.78 is 23.4. The maximum Gasteiger partial charge on any atom is 0.347 e. The highest BCUT2D eigenvalue weighted by Crippen LogP contribution is 2.53. The minimum absolute atomic E-state index is 0.271. The fourth-order valence-electron chi connectivity index (χ4n) is 1.89. The van der Waals surface area contributed by atoms with Gasteiger partial charge in [-0.1, -0.05) is 37.3 Å². The van der Waals surface area contributed by atoms with Gasteiger partial charge in [-0.2, -0.15) is 0 Å². The first-order valence-corrected chi connectivity index (χ1v) is 8.43. The van der Waals surface area contributed by atoms with E-state index in [1.165, 1.54) is 0 Å². The van der Waals surface area contributed by atoms with Crippen molar-refractivity contribution in [1.29, 1.82) is 0 Å². The molecule has 0 aliphatic rings. The third-order valence-corrected chi connectivity index (χ3v) is 5.32. The predicted molar refractivity (Wildman–Crippen MR) is 78.2 cm³/mol. The fraction of sp³-hybridized carbons (Fsp3) is 0.571. The summed E-state index contributed by atoms with van der Waals surface area (Å²) in [6.45, 7) is 7.07. The van der Waals surface area contributed by atoms with Crippen LogP contribution in [-0.2, 0) is 20.2 Å². The third-order valence-electron chi connectivity index (χ3n) is 2.77. The molecule has 0 aliphatic heterocycles. The molecule has 0 spiro atoms. The topological polar surface area (TPSA) is 47.6 Å². The molecule has 0 aliphatic carbocycles. The minimum atomic E-state index is -3.08. The van der Waals surface area contributed by atoms with Gasteiger partial charge in [-0.05, 0) is 25.8 Å². The van der Waals surface area contributed by atoms with Gasteiger partial charge in [0.25, 0.3) is 0 Å². The van der Waals surface area contributed by atoms with Crippen molar-refractivity contribution in [2.45, 2.75) is 39.5 Å². The zero-order chi connectivity index (χ0) is 14.1. The standard InChI is InChI=1S/C14H24NO3P/c1-4-14(19(16,17-5-2)18-6-3)15-12-13-10-8-7-9-11-13/h7-11,14-15H,4-6,12H2,1-3H3. The van der Waals surface area contributed by atoms with Crippen molar-refractivity contribution in [3.63, 3.8) is 0 Å². The second kappa shape index (κ2) is 8.49. The summed E-state index contributed by atoms with van der Waals surface area (Å²) >= 11 is 0. The Hall–Kier alpha value is -0.670. The Kier molecular flexibility index (Phi) is 7.32. The van der Waals surface area contributed by atoms with Crippen LogP contribution in [0.25, 0.3) is 0 Å². The SMILES string of the molecule is CCOP(=O)(OCC)C(CC)NCc1ccccc1. The Labute approximate surface area is 116 Å². The van der Waals surface area contributed by atoms with Crippen LogP contribution in [0.4, 0.5) is 0 Å². The molecule has 0 bridgehead atoms. The van der Waals surface area contributed by atoms with Crippen LogP contribution in [0.1, 0.15) is 32.8 Å². The monoisotopic (exact) mass is 285 g/mol. The van der Waals surface area contributed by atoms with Crippen molar-refractivity contribution in [1.82, 2.24) is 5.32 Å². The molecule has 1 atom stereocenters. The van der Waals surface area contributed by atoms with E-state index in [1.54, 1.807) is 0 Å². The van der Waals surface area contributed by atoms with Gasteiger partial charge in [0.2, 0.25) is 0 Å². The van der Waals surface area contributed by atoms with E-state index in [0.29, 0.717) is 26.2 Å². The van der Waals surface area contributed by atoms with E-state index in [1.807, 2.05) is 51.1 Å². The Morgan fingerprint density at radius 2 is 1.68 bits per heavy atom. The molecule has 0 amide bonds. The highest BCUT2D eigenvalue weighted by atomic mass is 31.2. The quantitative estimate of drug-likeness (QED) is 0.701. The molecule has 0 fully saturated rings. The van der Waals surface area contributed by atoms with Crippen molar-refractivity contribution in [2.75, 3.05) is 13.2 Å². The fourth-order valence-corrected chi connectivity index (χ4v) is 3.80. The largest absolute Gasteiger partial charge is 0.347 e. The summed E-state index contributed by atoms with van der Waals surface area (Å²) in [6, 6.07) is 10.0. The minimum Gasteiger partial charge on any atom is -0.308 e. The number of benzene rings is 1. The van der Waals surface area contributed by atoms with Crippen molar-refractivity contribution in [2.24, 2.45) is 0 Å². The number of hydrogen-bond acceptors (Lipinski definition) is 4.